The van der Waals surface area contributed by atoms with Gasteiger partial charge >= 0.3 is 0 Å². The lowest BCUT2D eigenvalue weighted by Crippen LogP contribution is -2.25. The molecule has 0 aliphatic heterocycles. The van der Waals surface area contributed by atoms with Gasteiger partial charge in [-0.25, -0.2) is 26.3 Å². The van der Waals surface area contributed by atoms with Gasteiger partial charge in [-0.05, 0) is 24.3 Å². The van der Waals surface area contributed by atoms with Crippen molar-refractivity contribution >= 4 is 10.0 Å². The van der Waals surface area contributed by atoms with E-state index < -0.39 is 32.4 Å². The minimum absolute atomic E-state index is 0.298. The number of halogens is 3. The summed E-state index contributed by atoms with van der Waals surface area (Å²) >= 11 is 0. The van der Waals surface area contributed by atoms with Gasteiger partial charge in [-0.3, -0.25) is 0 Å². The topological polar surface area (TPSA) is 64.6 Å². The minimum atomic E-state index is -4.42. The van der Waals surface area contributed by atoms with Crippen LogP contribution in [-0.4, -0.2) is 22.6 Å². The fourth-order valence-corrected chi connectivity index (χ4v) is 3.13. The van der Waals surface area contributed by atoms with Crippen LogP contribution in [0.3, 0.4) is 0 Å². The summed E-state index contributed by atoms with van der Waals surface area (Å²) in [6.45, 7) is -0.298. The lowest BCUT2D eigenvalue weighted by atomic mass is 10.2. The zero-order valence-corrected chi connectivity index (χ0v) is 13.6. The molecule has 24 heavy (non-hydrogen) atoms. The number of hydrogen-bond acceptors (Lipinski definition) is 4. The molecule has 0 bridgehead atoms. The fraction of sp³-hybridized carbons (Fsp3) is 0.200. The van der Waals surface area contributed by atoms with Crippen LogP contribution >= 0.6 is 0 Å². The normalized spacial score (nSPS) is 11.4. The Morgan fingerprint density at radius 3 is 2.08 bits per heavy atom. The summed E-state index contributed by atoms with van der Waals surface area (Å²) in [6.07, 6.45) is 0. The van der Waals surface area contributed by atoms with Crippen LogP contribution in [0.15, 0.2) is 35.2 Å². The molecule has 0 saturated carbocycles. The summed E-state index contributed by atoms with van der Waals surface area (Å²) in [6, 6.07) is 6.01. The molecule has 0 aliphatic carbocycles. The molecule has 0 amide bonds. The van der Waals surface area contributed by atoms with Crippen molar-refractivity contribution in [2.45, 2.75) is 11.4 Å². The molecule has 130 valence electrons. The Labute approximate surface area is 137 Å². The Hall–Kier alpha value is -2.26. The zero-order chi connectivity index (χ0) is 17.9. The Balaban J connectivity index is 2.34. The quantitative estimate of drug-likeness (QED) is 0.804. The van der Waals surface area contributed by atoms with Crippen molar-refractivity contribution in [2.75, 3.05) is 14.2 Å². The molecule has 0 saturated heterocycles. The molecular weight excluding hydrogens is 347 g/mol. The molecule has 0 aliphatic rings. The molecule has 1 N–H and O–H groups in total. The first kappa shape index (κ1) is 18.1. The molecule has 9 heteroatoms. The van der Waals surface area contributed by atoms with Crippen molar-refractivity contribution in [3.8, 4) is 11.5 Å². The molecule has 0 spiro atoms. The zero-order valence-electron chi connectivity index (χ0n) is 12.8. The number of rotatable bonds is 6. The molecular formula is C15H14F3NO4S. The molecule has 0 fully saturated rings. The van der Waals surface area contributed by atoms with Crippen LogP contribution in [-0.2, 0) is 16.6 Å². The van der Waals surface area contributed by atoms with E-state index >= 15 is 0 Å². The van der Waals surface area contributed by atoms with Crippen LogP contribution in [0, 0.1) is 17.5 Å². The molecule has 0 heterocycles. The fourth-order valence-electron chi connectivity index (χ4n) is 2.06. The monoisotopic (exact) mass is 361 g/mol. The van der Waals surface area contributed by atoms with Crippen LogP contribution in [0.4, 0.5) is 13.2 Å². The van der Waals surface area contributed by atoms with Crippen molar-refractivity contribution < 1.29 is 31.1 Å². The van der Waals surface area contributed by atoms with Gasteiger partial charge in [-0.15, -0.1) is 0 Å². The van der Waals surface area contributed by atoms with E-state index in [9.17, 15) is 21.6 Å². The van der Waals surface area contributed by atoms with E-state index in [1.807, 2.05) is 0 Å². The lowest BCUT2D eigenvalue weighted by Gasteiger charge is -2.14. The van der Waals surface area contributed by atoms with Crippen molar-refractivity contribution in [2.24, 2.45) is 0 Å². The van der Waals surface area contributed by atoms with Crippen LogP contribution in [0.1, 0.15) is 5.56 Å². The van der Waals surface area contributed by atoms with E-state index in [1.54, 1.807) is 18.2 Å². The molecule has 0 aromatic heterocycles. The summed E-state index contributed by atoms with van der Waals surface area (Å²) in [5, 5.41) is 0. The number of benzene rings is 2. The van der Waals surface area contributed by atoms with Gasteiger partial charge < -0.3 is 9.47 Å². The van der Waals surface area contributed by atoms with Gasteiger partial charge in [0.15, 0.2) is 17.5 Å². The van der Waals surface area contributed by atoms with Gasteiger partial charge in [0.25, 0.3) is 0 Å². The standard InChI is InChI=1S/C15H14F3NO4S/c1-22-11-4-3-5-12(23-2)9(11)8-19-24(20,21)13-7-6-10(16)14(17)15(13)18/h3-7,19H,8H2,1-2H3. The Morgan fingerprint density at radius 1 is 0.958 bits per heavy atom. The third kappa shape index (κ3) is 3.46. The second-order valence-electron chi connectivity index (χ2n) is 4.64. The molecule has 0 radical (unpaired) electrons. The number of nitrogens with one attached hydrogen (secondary N) is 1. The third-order valence-corrected chi connectivity index (χ3v) is 4.68. The second kappa shape index (κ2) is 7.10. The number of ether oxygens (including phenoxy) is 2. The average molecular weight is 361 g/mol. The van der Waals surface area contributed by atoms with Crippen molar-refractivity contribution in [3.05, 3.63) is 53.3 Å². The Bertz CT molecular complexity index is 834. The highest BCUT2D eigenvalue weighted by Gasteiger charge is 2.24. The summed E-state index contributed by atoms with van der Waals surface area (Å²) < 4.78 is 76.5. The molecule has 5 nitrogen and oxygen atoms in total. The summed E-state index contributed by atoms with van der Waals surface area (Å²) in [7, 11) is -1.64. The van der Waals surface area contributed by atoms with Crippen molar-refractivity contribution in [1.29, 1.82) is 0 Å². The lowest BCUT2D eigenvalue weighted by molar-refractivity contribution is 0.384. The second-order valence-corrected chi connectivity index (χ2v) is 6.37. The predicted molar refractivity (Wildman–Crippen MR) is 79.9 cm³/mol. The maximum atomic E-state index is 13.7. The minimum Gasteiger partial charge on any atom is -0.496 e. The predicted octanol–water partition coefficient (Wildman–Crippen LogP) is 2.60. The van der Waals surface area contributed by atoms with E-state index in [1.165, 1.54) is 14.2 Å². The maximum Gasteiger partial charge on any atom is 0.243 e. The highest BCUT2D eigenvalue weighted by Crippen LogP contribution is 2.28. The van der Waals surface area contributed by atoms with Gasteiger partial charge in [-0.2, -0.15) is 0 Å². The number of methoxy groups -OCH3 is 2. The van der Waals surface area contributed by atoms with Gasteiger partial charge in [0.2, 0.25) is 10.0 Å². The largest absolute Gasteiger partial charge is 0.496 e. The number of sulfonamides is 1. The van der Waals surface area contributed by atoms with Gasteiger partial charge in [0.05, 0.1) is 19.8 Å². The van der Waals surface area contributed by atoms with Crippen LogP contribution in [0.2, 0.25) is 0 Å². The highest BCUT2D eigenvalue weighted by atomic mass is 32.2. The van der Waals surface area contributed by atoms with Gasteiger partial charge in [0.1, 0.15) is 16.4 Å². The van der Waals surface area contributed by atoms with E-state index in [4.69, 9.17) is 9.47 Å². The molecule has 2 rings (SSSR count). The van der Waals surface area contributed by atoms with Crippen molar-refractivity contribution in [3.63, 3.8) is 0 Å². The smallest absolute Gasteiger partial charge is 0.243 e. The Morgan fingerprint density at radius 2 is 1.54 bits per heavy atom. The summed E-state index contributed by atoms with van der Waals surface area (Å²) in [4.78, 5) is -0.990. The summed E-state index contributed by atoms with van der Waals surface area (Å²) in [5.74, 6) is -4.41. The maximum absolute atomic E-state index is 13.7. The Kier molecular flexibility index (Phi) is 5.35. The first-order chi connectivity index (χ1) is 11.3. The number of hydrogen-bond donors (Lipinski definition) is 1. The van der Waals surface area contributed by atoms with Crippen LogP contribution < -0.4 is 14.2 Å². The molecule has 2 aromatic rings. The van der Waals surface area contributed by atoms with E-state index in [2.05, 4.69) is 4.72 Å². The van der Waals surface area contributed by atoms with E-state index in [0.29, 0.717) is 29.2 Å². The van der Waals surface area contributed by atoms with E-state index in [-0.39, 0.29) is 6.54 Å². The van der Waals surface area contributed by atoms with E-state index in [0.717, 1.165) is 0 Å². The van der Waals surface area contributed by atoms with Crippen LogP contribution in [0.5, 0.6) is 11.5 Å². The molecule has 0 atom stereocenters. The summed E-state index contributed by atoms with van der Waals surface area (Å²) in [5.41, 5.74) is 0.370. The SMILES string of the molecule is COc1cccc(OC)c1CNS(=O)(=O)c1ccc(F)c(F)c1F. The third-order valence-electron chi connectivity index (χ3n) is 3.26. The highest BCUT2D eigenvalue weighted by molar-refractivity contribution is 7.89. The molecule has 2 aromatic carbocycles. The first-order valence-corrected chi connectivity index (χ1v) is 8.13. The molecule has 0 unspecified atom stereocenters. The van der Waals surface area contributed by atoms with Crippen LogP contribution in [0.25, 0.3) is 0 Å². The average Bonchev–Trinajstić information content (AvgIpc) is 2.57. The van der Waals surface area contributed by atoms with Gasteiger partial charge in [0, 0.05) is 6.54 Å². The van der Waals surface area contributed by atoms with Gasteiger partial charge in [-0.1, -0.05) is 6.07 Å². The van der Waals surface area contributed by atoms with Crippen molar-refractivity contribution in [1.82, 2.24) is 4.72 Å². The first-order valence-electron chi connectivity index (χ1n) is 6.65.